The van der Waals surface area contributed by atoms with E-state index in [1.165, 1.54) is 6.42 Å². The van der Waals surface area contributed by atoms with Crippen LogP contribution in [0, 0.1) is 0 Å². The van der Waals surface area contributed by atoms with Crippen LogP contribution < -0.4 is 0 Å². The number of carbonyl (C=O) groups is 1. The van der Waals surface area contributed by atoms with Crippen LogP contribution in [0.5, 0.6) is 0 Å². The lowest BCUT2D eigenvalue weighted by Gasteiger charge is -2.35. The Morgan fingerprint density at radius 2 is 2.50 bits per heavy atom. The molecule has 2 saturated heterocycles. The Kier molecular flexibility index (Phi) is 3.30. The van der Waals surface area contributed by atoms with Gasteiger partial charge in [-0.2, -0.15) is 0 Å². The fraction of sp³-hybridized carbons (Fsp3) is 0.889. The molecule has 0 aromatic carbocycles. The van der Waals surface area contributed by atoms with Crippen molar-refractivity contribution in [3.63, 3.8) is 0 Å². The minimum absolute atomic E-state index is 0.00116. The summed E-state index contributed by atoms with van der Waals surface area (Å²) in [5.74, 6) is 1.20. The van der Waals surface area contributed by atoms with Gasteiger partial charge in [0.15, 0.2) is 0 Å². The summed E-state index contributed by atoms with van der Waals surface area (Å²) >= 11 is 1.83. The van der Waals surface area contributed by atoms with Crippen molar-refractivity contribution in [1.29, 1.82) is 0 Å². The van der Waals surface area contributed by atoms with Crippen molar-refractivity contribution >= 4 is 17.7 Å². The molecule has 0 aromatic rings. The molecule has 2 fully saturated rings. The molecule has 2 rings (SSSR count). The number of ether oxygens (including phenoxy) is 1. The van der Waals surface area contributed by atoms with E-state index in [0.717, 1.165) is 12.2 Å². The molecule has 0 spiro atoms. The van der Waals surface area contributed by atoms with Gasteiger partial charge in [0.2, 0.25) is 5.91 Å². The summed E-state index contributed by atoms with van der Waals surface area (Å²) in [5, 5.41) is 9.29. The molecule has 14 heavy (non-hydrogen) atoms. The predicted octanol–water partition coefficient (Wildman–Crippen LogP) is 0.0592. The van der Waals surface area contributed by atoms with Gasteiger partial charge >= 0.3 is 0 Å². The Morgan fingerprint density at radius 3 is 3.14 bits per heavy atom. The third kappa shape index (κ3) is 2.04. The van der Waals surface area contributed by atoms with E-state index in [9.17, 15) is 4.79 Å². The Morgan fingerprint density at radius 1 is 1.64 bits per heavy atom. The van der Waals surface area contributed by atoms with E-state index < -0.39 is 0 Å². The first kappa shape index (κ1) is 10.3. The zero-order valence-corrected chi connectivity index (χ0v) is 8.83. The predicted molar refractivity (Wildman–Crippen MR) is 54.0 cm³/mol. The SMILES string of the molecule is O=C1COC(CO)CN1C1CCCS1. The van der Waals surface area contributed by atoms with E-state index >= 15 is 0 Å². The normalized spacial score (nSPS) is 33.8. The quantitative estimate of drug-likeness (QED) is 0.710. The highest BCUT2D eigenvalue weighted by Gasteiger charge is 2.32. The Labute approximate surface area is 87.6 Å². The van der Waals surface area contributed by atoms with Crippen LogP contribution in [0.4, 0.5) is 0 Å². The van der Waals surface area contributed by atoms with Crippen molar-refractivity contribution in [2.75, 3.05) is 25.5 Å². The van der Waals surface area contributed by atoms with Crippen molar-refractivity contribution in [1.82, 2.24) is 4.90 Å². The summed E-state index contributed by atoms with van der Waals surface area (Å²) in [5.41, 5.74) is 0. The molecule has 0 aromatic heterocycles. The van der Waals surface area contributed by atoms with Crippen molar-refractivity contribution in [2.45, 2.75) is 24.3 Å². The van der Waals surface area contributed by atoms with Gasteiger partial charge in [0, 0.05) is 0 Å². The zero-order chi connectivity index (χ0) is 9.97. The Bertz CT molecular complexity index is 218. The molecule has 2 heterocycles. The maximum Gasteiger partial charge on any atom is 0.249 e. The van der Waals surface area contributed by atoms with Gasteiger partial charge in [-0.25, -0.2) is 0 Å². The van der Waals surface area contributed by atoms with Crippen LogP contribution >= 0.6 is 11.8 Å². The molecule has 2 unspecified atom stereocenters. The smallest absolute Gasteiger partial charge is 0.249 e. The zero-order valence-electron chi connectivity index (χ0n) is 8.02. The van der Waals surface area contributed by atoms with Gasteiger partial charge in [-0.05, 0) is 18.6 Å². The van der Waals surface area contributed by atoms with Crippen LogP contribution in [-0.2, 0) is 9.53 Å². The third-order valence-corrected chi connectivity index (χ3v) is 4.02. The largest absolute Gasteiger partial charge is 0.394 e. The number of morpholine rings is 1. The third-order valence-electron chi connectivity index (χ3n) is 2.62. The first-order chi connectivity index (χ1) is 6.81. The van der Waals surface area contributed by atoms with Gasteiger partial charge in [-0.15, -0.1) is 11.8 Å². The van der Waals surface area contributed by atoms with Gasteiger partial charge in [-0.1, -0.05) is 0 Å². The van der Waals surface area contributed by atoms with E-state index in [2.05, 4.69) is 0 Å². The first-order valence-corrected chi connectivity index (χ1v) is 5.99. The monoisotopic (exact) mass is 217 g/mol. The second-order valence-electron chi connectivity index (χ2n) is 3.63. The molecule has 2 atom stereocenters. The van der Waals surface area contributed by atoms with Gasteiger partial charge < -0.3 is 14.7 Å². The molecule has 4 nitrogen and oxygen atoms in total. The summed E-state index contributed by atoms with van der Waals surface area (Å²) < 4.78 is 5.18. The van der Waals surface area contributed by atoms with Crippen LogP contribution in [0.2, 0.25) is 0 Å². The molecule has 1 N–H and O–H groups in total. The second kappa shape index (κ2) is 4.51. The topological polar surface area (TPSA) is 49.8 Å². The molecule has 2 aliphatic rings. The molecule has 0 radical (unpaired) electrons. The highest BCUT2D eigenvalue weighted by molar-refractivity contribution is 8.00. The fourth-order valence-corrected chi connectivity index (χ4v) is 3.16. The number of aliphatic hydroxyl groups is 1. The molecular formula is C9H15NO3S. The van der Waals surface area contributed by atoms with E-state index in [-0.39, 0.29) is 25.2 Å². The van der Waals surface area contributed by atoms with Crippen LogP contribution in [0.1, 0.15) is 12.8 Å². The van der Waals surface area contributed by atoms with Gasteiger partial charge in [-0.3, -0.25) is 4.79 Å². The lowest BCUT2D eigenvalue weighted by molar-refractivity contribution is -0.152. The van der Waals surface area contributed by atoms with E-state index in [1.807, 2.05) is 16.7 Å². The Balaban J connectivity index is 1.96. The molecule has 0 saturated carbocycles. The van der Waals surface area contributed by atoms with Crippen molar-refractivity contribution in [3.05, 3.63) is 0 Å². The highest BCUT2D eigenvalue weighted by atomic mass is 32.2. The maximum atomic E-state index is 11.5. The van der Waals surface area contributed by atoms with E-state index in [4.69, 9.17) is 9.84 Å². The van der Waals surface area contributed by atoms with Gasteiger partial charge in [0.25, 0.3) is 0 Å². The highest BCUT2D eigenvalue weighted by Crippen LogP contribution is 2.30. The number of hydrogen-bond donors (Lipinski definition) is 1. The van der Waals surface area contributed by atoms with Crippen LogP contribution in [0.3, 0.4) is 0 Å². The average molecular weight is 217 g/mol. The molecule has 5 heteroatoms. The molecule has 1 amide bonds. The molecule has 0 bridgehead atoms. The molecule has 80 valence electrons. The van der Waals surface area contributed by atoms with Crippen LogP contribution in [0.15, 0.2) is 0 Å². The number of aliphatic hydroxyl groups excluding tert-OH is 1. The number of amides is 1. The summed E-state index contributed by atoms with van der Waals surface area (Å²) in [4.78, 5) is 13.4. The molecule has 0 aliphatic carbocycles. The summed E-state index contributed by atoms with van der Waals surface area (Å²) in [6, 6.07) is 0. The second-order valence-corrected chi connectivity index (χ2v) is 4.92. The summed E-state index contributed by atoms with van der Waals surface area (Å²) in [6.07, 6.45) is 2.08. The summed E-state index contributed by atoms with van der Waals surface area (Å²) in [7, 11) is 0. The number of rotatable bonds is 2. The first-order valence-electron chi connectivity index (χ1n) is 4.95. The number of nitrogens with zero attached hydrogens (tertiary/aromatic N) is 1. The van der Waals surface area contributed by atoms with Gasteiger partial charge in [0.1, 0.15) is 6.61 Å². The summed E-state index contributed by atoms with van der Waals surface area (Å²) in [6.45, 7) is 0.677. The average Bonchev–Trinajstić information content (AvgIpc) is 2.71. The lowest BCUT2D eigenvalue weighted by Crippen LogP contribution is -2.50. The minimum Gasteiger partial charge on any atom is -0.394 e. The van der Waals surface area contributed by atoms with Crippen LogP contribution in [-0.4, -0.2) is 52.9 Å². The number of thioether (sulfide) groups is 1. The van der Waals surface area contributed by atoms with Crippen LogP contribution in [0.25, 0.3) is 0 Å². The number of carbonyl (C=O) groups excluding carboxylic acids is 1. The van der Waals surface area contributed by atoms with Crippen molar-refractivity contribution < 1.29 is 14.6 Å². The fourth-order valence-electron chi connectivity index (χ4n) is 1.84. The lowest BCUT2D eigenvalue weighted by atomic mass is 10.2. The molecule has 2 aliphatic heterocycles. The van der Waals surface area contributed by atoms with Crippen molar-refractivity contribution in [3.8, 4) is 0 Å². The number of hydrogen-bond acceptors (Lipinski definition) is 4. The maximum absolute atomic E-state index is 11.5. The standard InChI is InChI=1S/C9H15NO3S/c11-5-7-4-10(8(12)6-13-7)9-2-1-3-14-9/h7,9,11H,1-6H2. The Hall–Kier alpha value is -0.260. The van der Waals surface area contributed by atoms with Gasteiger partial charge in [0.05, 0.1) is 24.6 Å². The molecular weight excluding hydrogens is 202 g/mol. The van der Waals surface area contributed by atoms with E-state index in [0.29, 0.717) is 11.9 Å². The van der Waals surface area contributed by atoms with E-state index in [1.54, 1.807) is 0 Å². The van der Waals surface area contributed by atoms with Crippen molar-refractivity contribution in [2.24, 2.45) is 0 Å². The minimum atomic E-state index is -0.186.